The third-order valence-corrected chi connectivity index (χ3v) is 4.80. The molecule has 6 N–H and O–H groups in total. The Bertz CT molecular complexity index is 1110. The van der Waals surface area contributed by atoms with Gasteiger partial charge in [0.1, 0.15) is 0 Å². The number of nitrogens with two attached hydrogens (primary N) is 1. The van der Waals surface area contributed by atoms with E-state index in [4.69, 9.17) is 5.73 Å². The molecule has 172 valence electrons. The van der Waals surface area contributed by atoms with Crippen molar-refractivity contribution in [2.75, 3.05) is 43.6 Å². The van der Waals surface area contributed by atoms with E-state index in [-0.39, 0.29) is 17.8 Å². The number of pyridine rings is 1. The summed E-state index contributed by atoms with van der Waals surface area (Å²) >= 11 is 0. The predicted octanol–water partition coefficient (Wildman–Crippen LogP) is 1.50. The van der Waals surface area contributed by atoms with E-state index in [1.54, 1.807) is 31.3 Å². The van der Waals surface area contributed by atoms with Crippen LogP contribution in [-0.4, -0.2) is 59.3 Å². The molecule has 1 aromatic carbocycles. The second kappa shape index (κ2) is 11.4. The van der Waals surface area contributed by atoms with Crippen molar-refractivity contribution in [3.63, 3.8) is 0 Å². The molecule has 1 aliphatic heterocycles. The van der Waals surface area contributed by atoms with Crippen molar-refractivity contribution in [3.05, 3.63) is 59.9 Å². The van der Waals surface area contributed by atoms with Gasteiger partial charge in [0.2, 0.25) is 18.3 Å². The van der Waals surface area contributed by atoms with Crippen molar-refractivity contribution >= 4 is 41.2 Å². The van der Waals surface area contributed by atoms with Crippen LogP contribution in [0, 0.1) is 0 Å². The Morgan fingerprint density at radius 1 is 1.15 bits per heavy atom. The van der Waals surface area contributed by atoms with Gasteiger partial charge < -0.3 is 27.0 Å². The zero-order valence-electron chi connectivity index (χ0n) is 18.5. The summed E-state index contributed by atoms with van der Waals surface area (Å²) in [7, 11) is 3.46. The zero-order chi connectivity index (χ0) is 23.6. The van der Waals surface area contributed by atoms with Crippen molar-refractivity contribution in [2.45, 2.75) is 6.42 Å². The average Bonchev–Trinajstić information content (AvgIpc) is 3.23. The fourth-order valence-corrected chi connectivity index (χ4v) is 3.01. The summed E-state index contributed by atoms with van der Waals surface area (Å²) in [6.07, 6.45) is 5.69. The lowest BCUT2D eigenvalue weighted by Gasteiger charge is -2.13. The number of anilines is 4. The largest absolute Gasteiger partial charge is 0.387 e. The fraction of sp³-hybridized carbons (Fsp3) is 0.227. The van der Waals surface area contributed by atoms with Crippen LogP contribution < -0.4 is 27.0 Å². The van der Waals surface area contributed by atoms with Gasteiger partial charge >= 0.3 is 0 Å². The first-order chi connectivity index (χ1) is 16.0. The lowest BCUT2D eigenvalue weighted by Crippen LogP contribution is -2.21. The highest BCUT2D eigenvalue weighted by atomic mass is 16.1. The standard InChI is InChI=1S/C11H12N6O2.C11H15N3/c1-13-9(19)7-2-4-8(5-3-7)14-11-15-10(12)17(6-18)16-11;1-12-10-4-5-11(14-8-10)9-3-2-6-13-7-9/h2-6H,1H3,(H,13,19)(H3,12,14,15,16);3-5,8,12-13H,2,6-7H2,1H3. The zero-order valence-corrected chi connectivity index (χ0v) is 18.5. The van der Waals surface area contributed by atoms with Gasteiger partial charge in [-0.15, -0.1) is 5.10 Å². The monoisotopic (exact) mass is 449 g/mol. The van der Waals surface area contributed by atoms with E-state index in [1.165, 1.54) is 5.57 Å². The lowest BCUT2D eigenvalue weighted by atomic mass is 10.1. The number of nitrogen functional groups attached to an aromatic ring is 1. The Labute approximate surface area is 191 Å². The van der Waals surface area contributed by atoms with Gasteiger partial charge in [-0.2, -0.15) is 9.67 Å². The summed E-state index contributed by atoms with van der Waals surface area (Å²) in [4.78, 5) is 30.2. The number of rotatable bonds is 6. The Morgan fingerprint density at radius 2 is 1.91 bits per heavy atom. The van der Waals surface area contributed by atoms with Crippen LogP contribution in [0.4, 0.5) is 23.3 Å². The van der Waals surface area contributed by atoms with Gasteiger partial charge in [0.15, 0.2) is 0 Å². The van der Waals surface area contributed by atoms with Gasteiger partial charge in [0, 0.05) is 31.9 Å². The first-order valence-electron chi connectivity index (χ1n) is 10.3. The van der Waals surface area contributed by atoms with Crippen LogP contribution in [0.15, 0.2) is 48.7 Å². The van der Waals surface area contributed by atoms with Gasteiger partial charge in [0.25, 0.3) is 5.91 Å². The molecule has 11 heteroatoms. The molecule has 0 atom stereocenters. The number of hydrogen-bond acceptors (Lipinski definition) is 9. The fourth-order valence-electron chi connectivity index (χ4n) is 3.01. The second-order valence-electron chi connectivity index (χ2n) is 7.00. The van der Waals surface area contributed by atoms with E-state index in [0.717, 1.165) is 35.6 Å². The number of aromatic nitrogens is 4. The number of carbonyl (C=O) groups excluding carboxylic acids is 2. The molecule has 33 heavy (non-hydrogen) atoms. The topological polar surface area (TPSA) is 152 Å². The normalized spacial score (nSPS) is 12.6. The van der Waals surface area contributed by atoms with Crippen LogP contribution in [0.3, 0.4) is 0 Å². The van der Waals surface area contributed by atoms with E-state index in [1.807, 2.05) is 13.2 Å². The molecule has 2 aromatic heterocycles. The smallest absolute Gasteiger partial charge is 0.251 e. The molecular weight excluding hydrogens is 422 g/mol. The number of benzene rings is 1. The highest BCUT2D eigenvalue weighted by Crippen LogP contribution is 2.16. The molecule has 0 unspecified atom stereocenters. The first kappa shape index (κ1) is 23.4. The summed E-state index contributed by atoms with van der Waals surface area (Å²) < 4.78 is 0.918. The van der Waals surface area contributed by atoms with Gasteiger partial charge in [-0.1, -0.05) is 6.08 Å². The first-order valence-corrected chi connectivity index (χ1v) is 10.3. The summed E-state index contributed by atoms with van der Waals surface area (Å²) in [5, 5.41) is 15.6. The van der Waals surface area contributed by atoms with E-state index in [9.17, 15) is 9.59 Å². The van der Waals surface area contributed by atoms with Crippen molar-refractivity contribution in [1.82, 2.24) is 30.4 Å². The number of carbonyl (C=O) groups is 2. The maximum Gasteiger partial charge on any atom is 0.251 e. The average molecular weight is 450 g/mol. The van der Waals surface area contributed by atoms with Gasteiger partial charge in [-0.05, 0) is 54.9 Å². The highest BCUT2D eigenvalue weighted by molar-refractivity contribution is 5.94. The third kappa shape index (κ3) is 6.37. The van der Waals surface area contributed by atoms with Gasteiger partial charge in [0.05, 0.1) is 17.6 Å². The van der Waals surface area contributed by atoms with Crippen LogP contribution in [0.25, 0.3) is 5.57 Å². The molecule has 1 amide bonds. The van der Waals surface area contributed by atoms with E-state index in [2.05, 4.69) is 54.5 Å². The molecule has 0 saturated carbocycles. The second-order valence-corrected chi connectivity index (χ2v) is 7.00. The molecule has 3 aromatic rings. The molecular formula is C22H27N9O2. The maximum absolute atomic E-state index is 11.4. The molecule has 1 aliphatic rings. The molecule has 0 spiro atoms. The Kier molecular flexibility index (Phi) is 8.08. The summed E-state index contributed by atoms with van der Waals surface area (Å²) in [6, 6.07) is 10.8. The van der Waals surface area contributed by atoms with E-state index in [0.29, 0.717) is 17.7 Å². The molecule has 11 nitrogen and oxygen atoms in total. The maximum atomic E-state index is 11.4. The molecule has 3 heterocycles. The molecule has 0 fully saturated rings. The molecule has 0 bridgehead atoms. The van der Waals surface area contributed by atoms with Crippen LogP contribution in [-0.2, 0) is 4.79 Å². The molecule has 0 aliphatic carbocycles. The van der Waals surface area contributed by atoms with Crippen LogP contribution >= 0.6 is 0 Å². The van der Waals surface area contributed by atoms with Gasteiger partial charge in [-0.3, -0.25) is 14.6 Å². The number of amides is 1. The van der Waals surface area contributed by atoms with Crippen LogP contribution in [0.1, 0.15) is 22.5 Å². The van der Waals surface area contributed by atoms with Crippen molar-refractivity contribution in [2.24, 2.45) is 0 Å². The van der Waals surface area contributed by atoms with Crippen LogP contribution in [0.5, 0.6) is 0 Å². The quantitative estimate of drug-likeness (QED) is 0.353. The SMILES string of the molecule is CNC(=O)c1ccc(Nc2nc(N)n(C=O)n2)cc1.CNc1ccc(C2=CCCNC2)nc1. The Morgan fingerprint density at radius 3 is 2.45 bits per heavy atom. The number of nitrogens with zero attached hydrogens (tertiary/aromatic N) is 4. The summed E-state index contributed by atoms with van der Waals surface area (Å²) in [5.74, 6) is 0.0379. The minimum absolute atomic E-state index is 0.000481. The number of nitrogens with one attached hydrogen (secondary N) is 4. The van der Waals surface area contributed by atoms with Crippen molar-refractivity contribution in [1.29, 1.82) is 0 Å². The number of hydrogen-bond donors (Lipinski definition) is 5. The minimum atomic E-state index is -0.167. The third-order valence-electron chi connectivity index (χ3n) is 4.80. The predicted molar refractivity (Wildman–Crippen MR) is 129 cm³/mol. The van der Waals surface area contributed by atoms with E-state index < -0.39 is 0 Å². The van der Waals surface area contributed by atoms with Crippen molar-refractivity contribution < 1.29 is 9.59 Å². The Balaban J connectivity index is 0.000000194. The molecule has 4 rings (SSSR count). The molecule has 0 saturated heterocycles. The van der Waals surface area contributed by atoms with Crippen molar-refractivity contribution in [3.8, 4) is 0 Å². The lowest BCUT2D eigenvalue weighted by molar-refractivity contribution is 0.0963. The van der Waals surface area contributed by atoms with E-state index >= 15 is 0 Å². The minimum Gasteiger partial charge on any atom is -0.387 e. The summed E-state index contributed by atoms with van der Waals surface area (Å²) in [5.41, 5.74) is 10.1. The van der Waals surface area contributed by atoms with Gasteiger partial charge in [-0.25, -0.2) is 0 Å². The van der Waals surface area contributed by atoms with Crippen LogP contribution in [0.2, 0.25) is 0 Å². The molecule has 0 radical (unpaired) electrons. The summed E-state index contributed by atoms with van der Waals surface area (Å²) in [6.45, 7) is 2.02. The highest BCUT2D eigenvalue weighted by Gasteiger charge is 2.08. The Hall–Kier alpha value is -4.25.